The van der Waals surface area contributed by atoms with Gasteiger partial charge in [0, 0.05) is 10.2 Å². The minimum atomic E-state index is -1.79. The van der Waals surface area contributed by atoms with Crippen LogP contribution < -0.4 is 5.32 Å². The number of hydrogen-bond acceptors (Lipinski definition) is 1. The Bertz CT molecular complexity index is 104. The van der Waals surface area contributed by atoms with Crippen molar-refractivity contribution in [2.45, 2.75) is 32.2 Å². The third kappa shape index (κ3) is 1.48. The second-order valence-corrected chi connectivity index (χ2v) is 2.00. The van der Waals surface area contributed by atoms with Crippen LogP contribution in [0.4, 0.5) is 0 Å². The molecule has 0 aromatic heterocycles. The summed E-state index contributed by atoms with van der Waals surface area (Å²) in [5, 5.41) is 3.00. The van der Waals surface area contributed by atoms with Crippen molar-refractivity contribution in [1.29, 1.82) is 0 Å². The lowest BCUT2D eigenvalue weighted by atomic mass is 10.1. The Morgan fingerprint density at radius 3 is 3.14 bits per heavy atom. The van der Waals surface area contributed by atoms with Crippen LogP contribution in [0.15, 0.2) is 0 Å². The summed E-state index contributed by atoms with van der Waals surface area (Å²) in [6.07, 6.45) is 2.97. The maximum absolute atomic E-state index is 7.10. The molecular weight excluding hydrogens is 86.1 g/mol. The van der Waals surface area contributed by atoms with Crippen molar-refractivity contribution in [3.63, 3.8) is 0 Å². The summed E-state index contributed by atoms with van der Waals surface area (Å²) in [5.74, 6) is 0. The largest absolute Gasteiger partial charge is 0.314 e. The normalized spacial score (nSPS) is 41.1. The molecule has 0 saturated carbocycles. The summed E-state index contributed by atoms with van der Waals surface area (Å²) >= 11 is 0. The van der Waals surface area contributed by atoms with E-state index in [9.17, 15) is 0 Å². The van der Waals surface area contributed by atoms with Crippen molar-refractivity contribution < 1.29 is 4.11 Å². The third-order valence-corrected chi connectivity index (χ3v) is 1.31. The molecular formula is C6H13N. The monoisotopic (exact) mass is 102 g/mol. The third-order valence-electron chi connectivity index (χ3n) is 1.31. The summed E-state index contributed by atoms with van der Waals surface area (Å²) < 4.78 is 21.3. The van der Waals surface area contributed by atoms with Gasteiger partial charge in [-0.25, -0.2) is 0 Å². The average Bonchev–Trinajstić information content (AvgIpc) is 1.88. The van der Waals surface area contributed by atoms with Crippen LogP contribution in [0.1, 0.15) is 30.2 Å². The molecule has 1 aliphatic heterocycles. The standard InChI is InChI=1S/C6H13N/c1-6-4-2-3-5-7-6/h6-7H,2-5H2,1H3/t6-/m0/s1/i1D3. The molecule has 1 heteroatoms. The van der Waals surface area contributed by atoms with Gasteiger partial charge in [-0.3, -0.25) is 0 Å². The van der Waals surface area contributed by atoms with Crippen molar-refractivity contribution >= 4 is 0 Å². The lowest BCUT2D eigenvalue weighted by Gasteiger charge is -2.18. The maximum atomic E-state index is 7.10. The van der Waals surface area contributed by atoms with Gasteiger partial charge in [0.05, 0.1) is 0 Å². The molecule has 1 atom stereocenters. The quantitative estimate of drug-likeness (QED) is 0.484. The molecule has 1 aliphatic rings. The van der Waals surface area contributed by atoms with Crippen molar-refractivity contribution in [3.05, 3.63) is 0 Å². The number of nitrogens with one attached hydrogen (secondary N) is 1. The van der Waals surface area contributed by atoms with Crippen molar-refractivity contribution in [2.75, 3.05) is 6.54 Å². The minimum Gasteiger partial charge on any atom is -0.314 e. The van der Waals surface area contributed by atoms with E-state index < -0.39 is 6.85 Å². The second-order valence-electron chi connectivity index (χ2n) is 2.00. The second kappa shape index (κ2) is 2.31. The molecule has 0 unspecified atom stereocenters. The van der Waals surface area contributed by atoms with E-state index in [-0.39, 0.29) is 6.04 Å². The van der Waals surface area contributed by atoms with Crippen LogP contribution in [-0.4, -0.2) is 12.6 Å². The van der Waals surface area contributed by atoms with Gasteiger partial charge in [-0.2, -0.15) is 0 Å². The summed E-state index contributed by atoms with van der Waals surface area (Å²) in [4.78, 5) is 0. The van der Waals surface area contributed by atoms with Gasteiger partial charge in [-0.1, -0.05) is 6.42 Å². The van der Waals surface area contributed by atoms with E-state index in [2.05, 4.69) is 5.32 Å². The lowest BCUT2D eigenvalue weighted by molar-refractivity contribution is 0.425. The summed E-state index contributed by atoms with van der Waals surface area (Å²) in [7, 11) is 0. The van der Waals surface area contributed by atoms with Gasteiger partial charge in [0.1, 0.15) is 0 Å². The highest BCUT2D eigenvalue weighted by Crippen LogP contribution is 2.04. The first-order valence-corrected chi connectivity index (χ1v) is 2.84. The molecule has 1 saturated heterocycles. The van der Waals surface area contributed by atoms with Gasteiger partial charge < -0.3 is 5.32 Å². The number of piperidine rings is 1. The molecule has 1 rings (SSSR count). The molecule has 42 valence electrons. The SMILES string of the molecule is [2H]C([2H])([2H])[C@H]1CCCCN1. The van der Waals surface area contributed by atoms with Crippen molar-refractivity contribution in [1.82, 2.24) is 5.32 Å². The zero-order chi connectivity index (χ0) is 7.61. The molecule has 1 fully saturated rings. The first kappa shape index (κ1) is 2.49. The Kier molecular flexibility index (Phi) is 0.824. The van der Waals surface area contributed by atoms with Gasteiger partial charge in [0.15, 0.2) is 0 Å². The van der Waals surface area contributed by atoms with Gasteiger partial charge in [-0.15, -0.1) is 0 Å². The zero-order valence-corrected chi connectivity index (χ0v) is 4.41. The lowest BCUT2D eigenvalue weighted by Crippen LogP contribution is -2.30. The molecule has 0 aromatic rings. The van der Waals surface area contributed by atoms with E-state index in [0.717, 1.165) is 25.8 Å². The van der Waals surface area contributed by atoms with Crippen LogP contribution in [0, 0.1) is 0 Å². The highest BCUT2D eigenvalue weighted by Gasteiger charge is 2.04. The first-order valence-electron chi connectivity index (χ1n) is 4.34. The average molecular weight is 102 g/mol. The molecule has 7 heavy (non-hydrogen) atoms. The molecule has 1 N–H and O–H groups in total. The van der Waals surface area contributed by atoms with Crippen LogP contribution in [0.25, 0.3) is 0 Å². The Morgan fingerprint density at radius 1 is 1.71 bits per heavy atom. The molecule has 0 radical (unpaired) electrons. The van der Waals surface area contributed by atoms with Crippen molar-refractivity contribution in [2.24, 2.45) is 0 Å². The Balaban J connectivity index is 2.39. The minimum absolute atomic E-state index is 0.249. The summed E-state index contributed by atoms with van der Waals surface area (Å²) in [6, 6.07) is -0.249. The van der Waals surface area contributed by atoms with Crippen LogP contribution in [0.3, 0.4) is 0 Å². The summed E-state index contributed by atoms with van der Waals surface area (Å²) in [6.45, 7) is -0.927. The van der Waals surface area contributed by atoms with Gasteiger partial charge in [-0.05, 0) is 26.2 Å². The Morgan fingerprint density at radius 2 is 2.71 bits per heavy atom. The Hall–Kier alpha value is -0.0400. The van der Waals surface area contributed by atoms with E-state index in [0.29, 0.717) is 0 Å². The molecule has 1 heterocycles. The zero-order valence-electron chi connectivity index (χ0n) is 7.41. The van der Waals surface area contributed by atoms with E-state index in [1.54, 1.807) is 0 Å². The topological polar surface area (TPSA) is 12.0 Å². The molecule has 0 aliphatic carbocycles. The van der Waals surface area contributed by atoms with Crippen molar-refractivity contribution in [3.8, 4) is 0 Å². The molecule has 0 amide bonds. The Labute approximate surface area is 49.3 Å². The summed E-state index contributed by atoms with van der Waals surface area (Å²) in [5.41, 5.74) is 0. The molecule has 0 spiro atoms. The molecule has 1 nitrogen and oxygen atoms in total. The highest BCUT2D eigenvalue weighted by molar-refractivity contribution is 4.65. The van der Waals surface area contributed by atoms with E-state index in [4.69, 9.17) is 4.11 Å². The van der Waals surface area contributed by atoms with E-state index in [1.165, 1.54) is 0 Å². The van der Waals surface area contributed by atoms with Gasteiger partial charge >= 0.3 is 0 Å². The number of rotatable bonds is 0. The van der Waals surface area contributed by atoms with Crippen LogP contribution >= 0.6 is 0 Å². The molecule has 0 bridgehead atoms. The van der Waals surface area contributed by atoms with Crippen LogP contribution in [-0.2, 0) is 0 Å². The highest BCUT2D eigenvalue weighted by atomic mass is 14.9. The van der Waals surface area contributed by atoms with E-state index in [1.807, 2.05) is 0 Å². The number of hydrogen-bond donors (Lipinski definition) is 1. The fraction of sp³-hybridized carbons (Fsp3) is 1.00. The molecule has 0 aromatic carbocycles. The smallest absolute Gasteiger partial charge is 0.0246 e. The first-order chi connectivity index (χ1) is 4.61. The van der Waals surface area contributed by atoms with Gasteiger partial charge in [0.2, 0.25) is 0 Å². The fourth-order valence-electron chi connectivity index (χ4n) is 0.852. The van der Waals surface area contributed by atoms with Crippen LogP contribution in [0.2, 0.25) is 0 Å². The predicted molar refractivity (Wildman–Crippen MR) is 31.3 cm³/mol. The van der Waals surface area contributed by atoms with Crippen LogP contribution in [0.5, 0.6) is 0 Å². The maximum Gasteiger partial charge on any atom is 0.0246 e. The fourth-order valence-corrected chi connectivity index (χ4v) is 0.852. The van der Waals surface area contributed by atoms with E-state index >= 15 is 0 Å². The predicted octanol–water partition coefficient (Wildman–Crippen LogP) is 1.15. The van der Waals surface area contributed by atoms with Gasteiger partial charge in [0.25, 0.3) is 0 Å².